The molecule has 6 heteroatoms. The van der Waals surface area contributed by atoms with E-state index in [9.17, 15) is 14.7 Å². The van der Waals surface area contributed by atoms with Crippen molar-refractivity contribution in [1.82, 2.24) is 4.90 Å². The maximum Gasteiger partial charge on any atom is 0.327 e. The fourth-order valence-corrected chi connectivity index (χ4v) is 4.82. The number of benzene rings is 3. The van der Waals surface area contributed by atoms with E-state index >= 15 is 0 Å². The molecule has 1 fully saturated rings. The molecular formula is C25H19NO3S2. The van der Waals surface area contributed by atoms with E-state index in [0.29, 0.717) is 4.91 Å². The largest absolute Gasteiger partial charge is 0.480 e. The summed E-state index contributed by atoms with van der Waals surface area (Å²) in [5, 5.41) is 9.79. The molecule has 31 heavy (non-hydrogen) atoms. The Morgan fingerprint density at radius 2 is 1.61 bits per heavy atom. The van der Waals surface area contributed by atoms with Gasteiger partial charge in [-0.1, -0.05) is 103 Å². The van der Waals surface area contributed by atoms with E-state index in [1.54, 1.807) is 6.08 Å². The number of nitrogens with zero attached hydrogens (tertiary/aromatic N) is 1. The molecule has 154 valence electrons. The van der Waals surface area contributed by atoms with Crippen LogP contribution in [0.5, 0.6) is 0 Å². The minimum absolute atomic E-state index is 0.194. The lowest BCUT2D eigenvalue weighted by molar-refractivity contribution is -0.145. The molecule has 1 atom stereocenters. The summed E-state index contributed by atoms with van der Waals surface area (Å²) in [5.74, 6) is -1.45. The summed E-state index contributed by atoms with van der Waals surface area (Å²) >= 11 is 6.53. The van der Waals surface area contributed by atoms with Crippen molar-refractivity contribution in [2.24, 2.45) is 0 Å². The summed E-state index contributed by atoms with van der Waals surface area (Å²) in [6.07, 6.45) is 1.96. The monoisotopic (exact) mass is 445 g/mol. The molecule has 1 aliphatic rings. The molecule has 1 N–H and O–H groups in total. The highest BCUT2D eigenvalue weighted by molar-refractivity contribution is 8.26. The Morgan fingerprint density at radius 3 is 2.29 bits per heavy atom. The van der Waals surface area contributed by atoms with Gasteiger partial charge < -0.3 is 5.11 Å². The molecule has 3 aromatic carbocycles. The van der Waals surface area contributed by atoms with Crippen LogP contribution < -0.4 is 0 Å². The summed E-state index contributed by atoms with van der Waals surface area (Å²) in [7, 11) is 0. The van der Waals surface area contributed by atoms with Gasteiger partial charge in [0.1, 0.15) is 10.4 Å². The molecule has 0 bridgehead atoms. The summed E-state index contributed by atoms with van der Waals surface area (Å²) in [4.78, 5) is 26.7. The van der Waals surface area contributed by atoms with Gasteiger partial charge in [0.05, 0.1) is 4.91 Å². The van der Waals surface area contributed by atoms with Gasteiger partial charge in [0.25, 0.3) is 5.91 Å². The molecule has 0 aromatic heterocycles. The van der Waals surface area contributed by atoms with Crippen molar-refractivity contribution >= 4 is 46.3 Å². The quantitative estimate of drug-likeness (QED) is 0.415. The van der Waals surface area contributed by atoms with Crippen LogP contribution in [0.3, 0.4) is 0 Å². The minimum atomic E-state index is -1.08. The number of thioether (sulfide) groups is 1. The van der Waals surface area contributed by atoms with E-state index in [-0.39, 0.29) is 16.6 Å². The van der Waals surface area contributed by atoms with Gasteiger partial charge >= 0.3 is 5.97 Å². The molecule has 0 saturated carbocycles. The van der Waals surface area contributed by atoms with E-state index in [4.69, 9.17) is 12.2 Å². The molecule has 0 aliphatic carbocycles. The summed E-state index contributed by atoms with van der Waals surface area (Å²) in [6.45, 7) is 0. The zero-order chi connectivity index (χ0) is 21.8. The maximum absolute atomic E-state index is 13.1. The first-order valence-corrected chi connectivity index (χ1v) is 10.9. The van der Waals surface area contributed by atoms with E-state index < -0.39 is 12.0 Å². The van der Waals surface area contributed by atoms with E-state index in [2.05, 4.69) is 0 Å². The first kappa shape index (κ1) is 21.0. The van der Waals surface area contributed by atoms with Crippen molar-refractivity contribution in [2.75, 3.05) is 0 Å². The van der Waals surface area contributed by atoms with Crippen LogP contribution in [0.15, 0.2) is 89.8 Å². The highest BCUT2D eigenvalue weighted by Crippen LogP contribution is 2.35. The fraction of sp³-hybridized carbons (Fsp3) is 0.0800. The van der Waals surface area contributed by atoms with Crippen LogP contribution in [-0.4, -0.2) is 32.2 Å². The van der Waals surface area contributed by atoms with Gasteiger partial charge in [-0.15, -0.1) is 0 Å². The highest BCUT2D eigenvalue weighted by atomic mass is 32.2. The maximum atomic E-state index is 13.1. The topological polar surface area (TPSA) is 57.6 Å². The minimum Gasteiger partial charge on any atom is -0.480 e. The number of carbonyl (C=O) groups is 2. The average molecular weight is 446 g/mol. The Morgan fingerprint density at radius 1 is 0.968 bits per heavy atom. The molecular weight excluding hydrogens is 426 g/mol. The number of hydrogen-bond donors (Lipinski definition) is 1. The van der Waals surface area contributed by atoms with Gasteiger partial charge in [0, 0.05) is 6.42 Å². The zero-order valence-corrected chi connectivity index (χ0v) is 18.1. The SMILES string of the molecule is O=C(O)[C@H](Cc1ccccc1)N1C(=O)/C(=C/c2cccc(-c3ccccc3)c2)SC1=S. The Balaban J connectivity index is 1.60. The van der Waals surface area contributed by atoms with Crippen molar-refractivity contribution in [1.29, 1.82) is 0 Å². The van der Waals surface area contributed by atoms with Crippen LogP contribution >= 0.6 is 24.0 Å². The Kier molecular flexibility index (Phi) is 6.30. The number of carbonyl (C=O) groups excluding carboxylic acids is 1. The van der Waals surface area contributed by atoms with E-state index in [1.165, 1.54) is 4.90 Å². The predicted octanol–water partition coefficient (Wildman–Crippen LogP) is 5.25. The van der Waals surface area contributed by atoms with Gasteiger partial charge in [-0.2, -0.15) is 0 Å². The van der Waals surface area contributed by atoms with Crippen LogP contribution in [0.2, 0.25) is 0 Å². The number of carboxylic acids is 1. The van der Waals surface area contributed by atoms with Gasteiger partial charge in [-0.3, -0.25) is 9.69 Å². The van der Waals surface area contributed by atoms with E-state index in [0.717, 1.165) is 34.0 Å². The number of amides is 1. The average Bonchev–Trinajstić information content (AvgIpc) is 3.06. The van der Waals surface area contributed by atoms with Crippen molar-refractivity contribution in [3.8, 4) is 11.1 Å². The number of thiocarbonyl (C=S) groups is 1. The number of aliphatic carboxylic acids is 1. The third-order valence-electron chi connectivity index (χ3n) is 4.98. The van der Waals surface area contributed by atoms with Gasteiger partial charge in [0.15, 0.2) is 0 Å². The lowest BCUT2D eigenvalue weighted by Crippen LogP contribution is -2.45. The van der Waals surface area contributed by atoms with Crippen LogP contribution in [-0.2, 0) is 16.0 Å². The molecule has 1 heterocycles. The lowest BCUT2D eigenvalue weighted by Gasteiger charge is -2.23. The zero-order valence-electron chi connectivity index (χ0n) is 16.5. The predicted molar refractivity (Wildman–Crippen MR) is 128 cm³/mol. The Labute approximate surface area is 190 Å². The first-order valence-electron chi connectivity index (χ1n) is 9.72. The van der Waals surface area contributed by atoms with Crippen molar-refractivity contribution in [3.63, 3.8) is 0 Å². The van der Waals surface area contributed by atoms with Gasteiger partial charge in [-0.05, 0) is 34.4 Å². The molecule has 3 aromatic rings. The van der Waals surface area contributed by atoms with Crippen LogP contribution in [0.4, 0.5) is 0 Å². The standard InChI is InChI=1S/C25H19NO3S2/c27-23-22(16-18-10-7-13-20(14-18)19-11-5-2-6-12-19)31-25(30)26(23)21(24(28)29)15-17-8-3-1-4-9-17/h1-14,16,21H,15H2,(H,28,29)/b22-16-/t21-/m0/s1. The molecule has 0 unspecified atom stereocenters. The van der Waals surface area contributed by atoms with Crippen molar-refractivity contribution < 1.29 is 14.7 Å². The third kappa shape index (κ3) is 4.76. The summed E-state index contributed by atoms with van der Waals surface area (Å²) in [5.41, 5.74) is 3.82. The fourth-order valence-electron chi connectivity index (χ4n) is 3.46. The number of rotatable bonds is 6. The second-order valence-corrected chi connectivity index (χ2v) is 8.76. The number of carboxylic acid groups (broad SMARTS) is 1. The molecule has 0 spiro atoms. The van der Waals surface area contributed by atoms with E-state index in [1.807, 2.05) is 84.9 Å². The van der Waals surface area contributed by atoms with Crippen LogP contribution in [0.25, 0.3) is 17.2 Å². The first-order chi connectivity index (χ1) is 15.0. The lowest BCUT2D eigenvalue weighted by atomic mass is 10.0. The van der Waals surface area contributed by atoms with Gasteiger partial charge in [-0.25, -0.2) is 4.79 Å². The third-order valence-corrected chi connectivity index (χ3v) is 6.31. The Hall–Kier alpha value is -3.22. The molecule has 4 rings (SSSR count). The number of hydrogen-bond acceptors (Lipinski definition) is 4. The van der Waals surface area contributed by atoms with Gasteiger partial charge in [0.2, 0.25) is 0 Å². The Bertz CT molecular complexity index is 1160. The second kappa shape index (κ2) is 9.29. The molecule has 1 amide bonds. The highest BCUT2D eigenvalue weighted by Gasteiger charge is 2.40. The van der Waals surface area contributed by atoms with Crippen LogP contribution in [0.1, 0.15) is 11.1 Å². The van der Waals surface area contributed by atoms with Crippen molar-refractivity contribution in [2.45, 2.75) is 12.5 Å². The second-order valence-electron chi connectivity index (χ2n) is 7.09. The summed E-state index contributed by atoms with van der Waals surface area (Å²) < 4.78 is 0.263. The van der Waals surface area contributed by atoms with Crippen LogP contribution in [0, 0.1) is 0 Å². The summed E-state index contributed by atoms with van der Waals surface area (Å²) in [6, 6.07) is 26.0. The molecule has 1 saturated heterocycles. The smallest absolute Gasteiger partial charge is 0.327 e. The molecule has 4 nitrogen and oxygen atoms in total. The normalized spacial score (nSPS) is 16.0. The van der Waals surface area contributed by atoms with Crippen molar-refractivity contribution in [3.05, 3.63) is 101 Å². The molecule has 0 radical (unpaired) electrons. The molecule has 1 aliphatic heterocycles.